The number of likely N-dealkylation sites (tertiary alicyclic amines) is 1. The van der Waals surface area contributed by atoms with Gasteiger partial charge in [-0.1, -0.05) is 0 Å². The number of imide groups is 1. The van der Waals surface area contributed by atoms with Crippen LogP contribution in [0.15, 0.2) is 0 Å². The SMILES string of the molecule is O=C(CCN1C(=O)CCC1=O)NCC(N1CCNCC1)C(F)(F)F. The zero-order valence-corrected chi connectivity index (χ0v) is 13.2. The third kappa shape index (κ3) is 4.91. The van der Waals surface area contributed by atoms with E-state index in [9.17, 15) is 27.6 Å². The zero-order valence-electron chi connectivity index (χ0n) is 13.2. The quantitative estimate of drug-likeness (QED) is 0.630. The molecule has 2 N–H and O–H groups in total. The molecular weight excluding hydrogens is 329 g/mol. The summed E-state index contributed by atoms with van der Waals surface area (Å²) >= 11 is 0. The van der Waals surface area contributed by atoms with Crippen LogP contribution < -0.4 is 10.6 Å². The van der Waals surface area contributed by atoms with E-state index in [4.69, 9.17) is 0 Å². The van der Waals surface area contributed by atoms with Gasteiger partial charge in [0.25, 0.3) is 0 Å². The van der Waals surface area contributed by atoms with Crippen LogP contribution in [0.25, 0.3) is 0 Å². The van der Waals surface area contributed by atoms with E-state index in [2.05, 4.69) is 10.6 Å². The summed E-state index contributed by atoms with van der Waals surface area (Å²) in [4.78, 5) is 36.9. The minimum Gasteiger partial charge on any atom is -0.354 e. The molecule has 24 heavy (non-hydrogen) atoms. The van der Waals surface area contributed by atoms with Crippen molar-refractivity contribution in [3.8, 4) is 0 Å². The van der Waals surface area contributed by atoms with Crippen molar-refractivity contribution >= 4 is 17.7 Å². The van der Waals surface area contributed by atoms with Crippen molar-refractivity contribution in [1.29, 1.82) is 0 Å². The molecule has 3 amide bonds. The van der Waals surface area contributed by atoms with Crippen LogP contribution in [-0.2, 0) is 14.4 Å². The van der Waals surface area contributed by atoms with Crippen molar-refractivity contribution in [2.45, 2.75) is 31.5 Å². The van der Waals surface area contributed by atoms with Crippen LogP contribution in [0.1, 0.15) is 19.3 Å². The molecule has 7 nitrogen and oxygen atoms in total. The highest BCUT2D eigenvalue weighted by atomic mass is 19.4. The molecule has 2 rings (SSSR count). The van der Waals surface area contributed by atoms with E-state index in [1.54, 1.807) is 0 Å². The van der Waals surface area contributed by atoms with E-state index in [1.165, 1.54) is 4.90 Å². The first-order chi connectivity index (χ1) is 11.3. The Hall–Kier alpha value is -1.68. The van der Waals surface area contributed by atoms with Crippen molar-refractivity contribution in [2.75, 3.05) is 39.3 Å². The Balaban J connectivity index is 1.81. The fourth-order valence-corrected chi connectivity index (χ4v) is 2.83. The minimum atomic E-state index is -4.44. The Bertz CT molecular complexity index is 476. The number of nitrogens with zero attached hydrogens (tertiary/aromatic N) is 2. The van der Waals surface area contributed by atoms with Gasteiger partial charge in [-0.05, 0) is 0 Å². The Kier molecular flexibility index (Phi) is 6.16. The van der Waals surface area contributed by atoms with Crippen molar-refractivity contribution in [3.63, 3.8) is 0 Å². The number of amides is 3. The number of carbonyl (C=O) groups is 3. The Labute approximate surface area is 137 Å². The van der Waals surface area contributed by atoms with Crippen LogP contribution in [0.4, 0.5) is 13.2 Å². The van der Waals surface area contributed by atoms with E-state index >= 15 is 0 Å². The summed E-state index contributed by atoms with van der Waals surface area (Å²) < 4.78 is 39.5. The first-order valence-corrected chi connectivity index (χ1v) is 7.90. The maximum Gasteiger partial charge on any atom is 0.405 e. The summed E-state index contributed by atoms with van der Waals surface area (Å²) in [7, 11) is 0. The molecule has 2 heterocycles. The molecule has 2 fully saturated rings. The number of halogens is 3. The number of nitrogens with one attached hydrogen (secondary N) is 2. The number of alkyl halides is 3. The van der Waals surface area contributed by atoms with Gasteiger partial charge >= 0.3 is 6.18 Å². The van der Waals surface area contributed by atoms with Gasteiger partial charge in [-0.15, -0.1) is 0 Å². The minimum absolute atomic E-state index is 0.0895. The summed E-state index contributed by atoms with van der Waals surface area (Å²) in [5.74, 6) is -1.30. The molecule has 0 saturated carbocycles. The Morgan fingerprint density at radius 3 is 2.29 bits per heavy atom. The van der Waals surface area contributed by atoms with Crippen molar-refractivity contribution in [2.24, 2.45) is 0 Å². The maximum atomic E-state index is 13.2. The monoisotopic (exact) mass is 350 g/mol. The highest BCUT2D eigenvalue weighted by molar-refractivity contribution is 6.02. The molecule has 2 saturated heterocycles. The largest absolute Gasteiger partial charge is 0.405 e. The average Bonchev–Trinajstić information content (AvgIpc) is 2.84. The Morgan fingerprint density at radius 2 is 1.75 bits per heavy atom. The molecule has 0 bridgehead atoms. The molecule has 0 aromatic carbocycles. The second kappa shape index (κ2) is 7.93. The fraction of sp³-hybridized carbons (Fsp3) is 0.786. The van der Waals surface area contributed by atoms with Gasteiger partial charge in [-0.3, -0.25) is 24.2 Å². The van der Waals surface area contributed by atoms with E-state index in [-0.39, 0.29) is 50.7 Å². The third-order valence-electron chi connectivity index (χ3n) is 4.18. The maximum absolute atomic E-state index is 13.2. The van der Waals surface area contributed by atoms with Gasteiger partial charge in [0.2, 0.25) is 17.7 Å². The Morgan fingerprint density at radius 1 is 1.17 bits per heavy atom. The van der Waals surface area contributed by atoms with Crippen molar-refractivity contribution < 1.29 is 27.6 Å². The predicted molar refractivity (Wildman–Crippen MR) is 77.9 cm³/mol. The fourth-order valence-electron chi connectivity index (χ4n) is 2.83. The average molecular weight is 350 g/mol. The smallest absolute Gasteiger partial charge is 0.354 e. The highest BCUT2D eigenvalue weighted by Gasteiger charge is 2.43. The van der Waals surface area contributed by atoms with E-state index in [1.807, 2.05) is 0 Å². The van der Waals surface area contributed by atoms with Gasteiger partial charge in [-0.2, -0.15) is 13.2 Å². The number of hydrogen-bond acceptors (Lipinski definition) is 5. The third-order valence-corrected chi connectivity index (χ3v) is 4.18. The molecule has 2 aliphatic heterocycles. The molecule has 0 aromatic heterocycles. The normalized spacial score (nSPS) is 21.2. The van der Waals surface area contributed by atoms with Crippen LogP contribution in [0, 0.1) is 0 Å². The van der Waals surface area contributed by atoms with Crippen LogP contribution in [-0.4, -0.2) is 79.0 Å². The second-order valence-electron chi connectivity index (χ2n) is 5.84. The van der Waals surface area contributed by atoms with Crippen molar-refractivity contribution in [1.82, 2.24) is 20.4 Å². The van der Waals surface area contributed by atoms with Crippen LogP contribution in [0.3, 0.4) is 0 Å². The predicted octanol–water partition coefficient (Wildman–Crippen LogP) is -0.522. The molecule has 1 unspecified atom stereocenters. The van der Waals surface area contributed by atoms with Gasteiger partial charge in [0.15, 0.2) is 0 Å². The summed E-state index contributed by atoms with van der Waals surface area (Å²) in [5.41, 5.74) is 0. The lowest BCUT2D eigenvalue weighted by Crippen LogP contribution is -2.57. The highest BCUT2D eigenvalue weighted by Crippen LogP contribution is 2.24. The number of rotatable bonds is 6. The molecule has 10 heteroatoms. The summed E-state index contributed by atoms with van der Waals surface area (Å²) in [6, 6.07) is -1.74. The second-order valence-corrected chi connectivity index (χ2v) is 5.84. The molecule has 0 aromatic rings. The van der Waals surface area contributed by atoms with E-state index in [0.717, 1.165) is 4.90 Å². The summed E-state index contributed by atoms with van der Waals surface area (Å²) in [6.45, 7) is 0.838. The zero-order chi connectivity index (χ0) is 17.7. The first-order valence-electron chi connectivity index (χ1n) is 7.90. The number of piperazine rings is 1. The molecule has 0 aliphatic carbocycles. The van der Waals surface area contributed by atoms with Gasteiger partial charge in [0.1, 0.15) is 6.04 Å². The van der Waals surface area contributed by atoms with Gasteiger partial charge in [0, 0.05) is 58.5 Å². The molecule has 2 aliphatic rings. The lowest BCUT2D eigenvalue weighted by atomic mass is 10.2. The van der Waals surface area contributed by atoms with E-state index < -0.39 is 24.7 Å². The van der Waals surface area contributed by atoms with Crippen LogP contribution >= 0.6 is 0 Å². The first kappa shape index (κ1) is 18.7. The van der Waals surface area contributed by atoms with Crippen LogP contribution in [0.5, 0.6) is 0 Å². The summed E-state index contributed by atoms with van der Waals surface area (Å²) in [5, 5.41) is 5.25. The molecule has 0 radical (unpaired) electrons. The number of carbonyl (C=O) groups excluding carboxylic acids is 3. The molecule has 0 spiro atoms. The standard InChI is InChI=1S/C14H21F3N4O3/c15-14(16,17)10(20-7-4-18-5-8-20)9-19-11(22)3-6-21-12(23)1-2-13(21)24/h10,18H,1-9H2,(H,19,22). The molecule has 1 atom stereocenters. The number of hydrogen-bond donors (Lipinski definition) is 2. The van der Waals surface area contributed by atoms with Gasteiger partial charge in [0.05, 0.1) is 0 Å². The van der Waals surface area contributed by atoms with Crippen LogP contribution in [0.2, 0.25) is 0 Å². The molecular formula is C14H21F3N4O3. The molecule has 136 valence electrons. The summed E-state index contributed by atoms with van der Waals surface area (Å²) in [6.07, 6.45) is -4.38. The van der Waals surface area contributed by atoms with Crippen molar-refractivity contribution in [3.05, 3.63) is 0 Å². The van der Waals surface area contributed by atoms with Gasteiger partial charge in [-0.25, -0.2) is 0 Å². The topological polar surface area (TPSA) is 81.8 Å². The lowest BCUT2D eigenvalue weighted by molar-refractivity contribution is -0.184. The van der Waals surface area contributed by atoms with E-state index in [0.29, 0.717) is 13.1 Å². The van der Waals surface area contributed by atoms with Gasteiger partial charge < -0.3 is 10.6 Å². The lowest BCUT2D eigenvalue weighted by Gasteiger charge is -2.35.